The standard InChI is InChI=1S/C12H15N3O3S/c1-17-10-3-8(13)9(4-11(10)18-2)14-5-7-6-19-12(16)15-7/h3-4,6,14H,5,13H2,1-2H3,(H,15,16). The van der Waals surface area contributed by atoms with Crippen molar-refractivity contribution in [2.45, 2.75) is 6.54 Å². The lowest BCUT2D eigenvalue weighted by Crippen LogP contribution is -2.05. The van der Waals surface area contributed by atoms with E-state index in [1.54, 1.807) is 31.7 Å². The Labute approximate surface area is 114 Å². The second-order valence-electron chi connectivity index (χ2n) is 3.82. The maximum Gasteiger partial charge on any atom is 0.304 e. The fourth-order valence-electron chi connectivity index (χ4n) is 1.64. The highest BCUT2D eigenvalue weighted by molar-refractivity contribution is 7.07. The van der Waals surface area contributed by atoms with Crippen molar-refractivity contribution in [3.8, 4) is 11.5 Å². The number of nitrogen functional groups attached to an aromatic ring is 1. The fourth-order valence-corrected chi connectivity index (χ4v) is 2.22. The lowest BCUT2D eigenvalue weighted by Gasteiger charge is -2.13. The molecular weight excluding hydrogens is 266 g/mol. The Kier molecular flexibility index (Phi) is 3.96. The van der Waals surface area contributed by atoms with Crippen LogP contribution >= 0.6 is 11.3 Å². The van der Waals surface area contributed by atoms with E-state index >= 15 is 0 Å². The molecule has 0 fully saturated rings. The molecule has 2 aromatic rings. The monoisotopic (exact) mass is 281 g/mol. The first-order valence-corrected chi connectivity index (χ1v) is 6.44. The van der Waals surface area contributed by atoms with Gasteiger partial charge in [0, 0.05) is 23.2 Å². The number of aromatic amines is 1. The Morgan fingerprint density at radius 2 is 2.00 bits per heavy atom. The van der Waals surface area contributed by atoms with E-state index in [1.807, 2.05) is 0 Å². The summed E-state index contributed by atoms with van der Waals surface area (Å²) in [5.41, 5.74) is 8.01. The normalized spacial score (nSPS) is 10.2. The summed E-state index contributed by atoms with van der Waals surface area (Å²) in [6.07, 6.45) is 0. The second-order valence-corrected chi connectivity index (χ2v) is 4.66. The molecule has 1 aromatic carbocycles. The third-order valence-electron chi connectivity index (χ3n) is 2.60. The fraction of sp³-hybridized carbons (Fsp3) is 0.250. The number of ether oxygens (including phenoxy) is 2. The van der Waals surface area contributed by atoms with Crippen LogP contribution in [0.15, 0.2) is 22.3 Å². The van der Waals surface area contributed by atoms with Crippen LogP contribution in [0.4, 0.5) is 11.4 Å². The largest absolute Gasteiger partial charge is 0.493 e. The number of benzene rings is 1. The smallest absolute Gasteiger partial charge is 0.304 e. The van der Waals surface area contributed by atoms with E-state index in [-0.39, 0.29) is 4.87 Å². The van der Waals surface area contributed by atoms with Gasteiger partial charge in [0.15, 0.2) is 11.5 Å². The molecule has 0 aliphatic heterocycles. The van der Waals surface area contributed by atoms with Gasteiger partial charge in [-0.1, -0.05) is 11.3 Å². The van der Waals surface area contributed by atoms with E-state index in [0.717, 1.165) is 22.7 Å². The summed E-state index contributed by atoms with van der Waals surface area (Å²) in [6, 6.07) is 3.45. The third-order valence-corrected chi connectivity index (χ3v) is 3.31. The molecule has 0 unspecified atom stereocenters. The van der Waals surface area contributed by atoms with Gasteiger partial charge in [0.05, 0.1) is 32.1 Å². The zero-order valence-electron chi connectivity index (χ0n) is 10.6. The lowest BCUT2D eigenvalue weighted by atomic mass is 10.2. The Morgan fingerprint density at radius 1 is 1.32 bits per heavy atom. The van der Waals surface area contributed by atoms with Crippen LogP contribution in [-0.2, 0) is 6.54 Å². The molecule has 2 rings (SSSR count). The van der Waals surface area contributed by atoms with Crippen molar-refractivity contribution in [1.29, 1.82) is 0 Å². The highest BCUT2D eigenvalue weighted by Crippen LogP contribution is 2.34. The summed E-state index contributed by atoms with van der Waals surface area (Å²) in [5.74, 6) is 1.17. The summed E-state index contributed by atoms with van der Waals surface area (Å²) >= 11 is 1.13. The summed E-state index contributed by atoms with van der Waals surface area (Å²) in [6.45, 7) is 0.485. The van der Waals surface area contributed by atoms with Crippen LogP contribution in [0.2, 0.25) is 0 Å². The highest BCUT2D eigenvalue weighted by Gasteiger charge is 2.09. The second kappa shape index (κ2) is 5.66. The molecule has 0 saturated heterocycles. The summed E-state index contributed by atoms with van der Waals surface area (Å²) in [7, 11) is 3.12. The van der Waals surface area contributed by atoms with Crippen molar-refractivity contribution in [3.63, 3.8) is 0 Å². The molecule has 0 atom stereocenters. The number of hydrogen-bond donors (Lipinski definition) is 3. The molecule has 6 nitrogen and oxygen atoms in total. The average molecular weight is 281 g/mol. The molecule has 0 aliphatic carbocycles. The SMILES string of the molecule is COc1cc(N)c(NCc2csc(=O)[nH]2)cc1OC. The molecule has 7 heteroatoms. The molecule has 0 radical (unpaired) electrons. The number of anilines is 2. The van der Waals surface area contributed by atoms with Crippen LogP contribution < -0.4 is 25.4 Å². The zero-order valence-corrected chi connectivity index (χ0v) is 11.5. The van der Waals surface area contributed by atoms with Gasteiger partial charge >= 0.3 is 4.87 Å². The summed E-state index contributed by atoms with van der Waals surface area (Å²) in [4.78, 5) is 13.7. The Hall–Kier alpha value is -2.15. The van der Waals surface area contributed by atoms with Gasteiger partial charge in [0.25, 0.3) is 0 Å². The van der Waals surface area contributed by atoms with E-state index in [9.17, 15) is 4.79 Å². The molecule has 19 heavy (non-hydrogen) atoms. The molecule has 102 valence electrons. The first-order valence-electron chi connectivity index (χ1n) is 5.56. The summed E-state index contributed by atoms with van der Waals surface area (Å²) < 4.78 is 10.4. The van der Waals surface area contributed by atoms with E-state index in [1.165, 1.54) is 0 Å². The number of nitrogens with two attached hydrogens (primary N) is 1. The predicted octanol–water partition coefficient (Wildman–Crippen LogP) is 1.65. The van der Waals surface area contributed by atoms with Gasteiger partial charge in [0.1, 0.15) is 0 Å². The Bertz CT molecular complexity index is 621. The molecule has 0 saturated carbocycles. The van der Waals surface area contributed by atoms with Crippen LogP contribution in [-0.4, -0.2) is 19.2 Å². The molecule has 0 aliphatic rings. The minimum atomic E-state index is -0.0721. The predicted molar refractivity (Wildman–Crippen MR) is 76.2 cm³/mol. The average Bonchev–Trinajstić information content (AvgIpc) is 2.82. The van der Waals surface area contributed by atoms with Gasteiger partial charge in [0.2, 0.25) is 0 Å². The minimum Gasteiger partial charge on any atom is -0.493 e. The van der Waals surface area contributed by atoms with Crippen LogP contribution in [0, 0.1) is 0 Å². The van der Waals surface area contributed by atoms with Gasteiger partial charge in [-0.3, -0.25) is 4.79 Å². The zero-order chi connectivity index (χ0) is 13.8. The van der Waals surface area contributed by atoms with Crippen molar-refractivity contribution < 1.29 is 9.47 Å². The van der Waals surface area contributed by atoms with E-state index in [2.05, 4.69) is 10.3 Å². The number of H-pyrrole nitrogens is 1. The topological polar surface area (TPSA) is 89.4 Å². The van der Waals surface area contributed by atoms with Crippen molar-refractivity contribution in [2.24, 2.45) is 0 Å². The highest BCUT2D eigenvalue weighted by atomic mass is 32.1. The van der Waals surface area contributed by atoms with Crippen LogP contribution in [0.25, 0.3) is 0 Å². The number of nitrogens with one attached hydrogen (secondary N) is 2. The van der Waals surface area contributed by atoms with E-state index in [4.69, 9.17) is 15.2 Å². The van der Waals surface area contributed by atoms with E-state index in [0.29, 0.717) is 23.7 Å². The number of aromatic nitrogens is 1. The van der Waals surface area contributed by atoms with Gasteiger partial charge in [-0.2, -0.15) is 0 Å². The Morgan fingerprint density at radius 3 is 2.58 bits per heavy atom. The summed E-state index contributed by atoms with van der Waals surface area (Å²) in [5, 5.41) is 4.91. The molecule has 0 spiro atoms. The molecule has 4 N–H and O–H groups in total. The lowest BCUT2D eigenvalue weighted by molar-refractivity contribution is 0.355. The number of hydrogen-bond acceptors (Lipinski definition) is 6. The first-order chi connectivity index (χ1) is 9.13. The maximum absolute atomic E-state index is 11.0. The minimum absolute atomic E-state index is 0.0721. The molecule has 0 bridgehead atoms. The number of thiazole rings is 1. The molecule has 0 amide bonds. The molecule has 1 aromatic heterocycles. The van der Waals surface area contributed by atoms with Crippen LogP contribution in [0.3, 0.4) is 0 Å². The van der Waals surface area contributed by atoms with Crippen molar-refractivity contribution >= 4 is 22.7 Å². The van der Waals surface area contributed by atoms with Gasteiger partial charge in [-0.05, 0) is 0 Å². The first kappa shape index (κ1) is 13.3. The quantitative estimate of drug-likeness (QED) is 0.725. The van der Waals surface area contributed by atoms with Gasteiger partial charge < -0.3 is 25.5 Å². The van der Waals surface area contributed by atoms with Gasteiger partial charge in [-0.25, -0.2) is 0 Å². The number of methoxy groups -OCH3 is 2. The third kappa shape index (κ3) is 3.00. The van der Waals surface area contributed by atoms with Crippen LogP contribution in [0.1, 0.15) is 5.69 Å². The Balaban J connectivity index is 2.18. The van der Waals surface area contributed by atoms with Crippen molar-refractivity contribution in [2.75, 3.05) is 25.3 Å². The van der Waals surface area contributed by atoms with Crippen molar-refractivity contribution in [1.82, 2.24) is 4.98 Å². The van der Waals surface area contributed by atoms with Gasteiger partial charge in [-0.15, -0.1) is 0 Å². The maximum atomic E-state index is 11.0. The van der Waals surface area contributed by atoms with Crippen LogP contribution in [0.5, 0.6) is 11.5 Å². The van der Waals surface area contributed by atoms with E-state index < -0.39 is 0 Å². The van der Waals surface area contributed by atoms with Crippen molar-refractivity contribution in [3.05, 3.63) is 32.9 Å². The molecular formula is C12H15N3O3S. The number of rotatable bonds is 5. The molecule has 1 heterocycles.